The minimum atomic E-state index is -0.248. The molecular weight excluding hydrogens is 242 g/mol. The van der Waals surface area contributed by atoms with Crippen molar-refractivity contribution in [1.29, 1.82) is 0 Å². The summed E-state index contributed by atoms with van der Waals surface area (Å²) in [5.41, 5.74) is 3.48. The van der Waals surface area contributed by atoms with E-state index >= 15 is 0 Å². The Morgan fingerprint density at radius 2 is 2.37 bits per heavy atom. The number of nitrogens with zero attached hydrogens (tertiary/aromatic N) is 1. The van der Waals surface area contributed by atoms with Crippen LogP contribution in [0.5, 0.6) is 0 Å². The second-order valence-electron chi connectivity index (χ2n) is 4.61. The number of rotatable bonds is 2. The Balaban J connectivity index is 1.80. The summed E-state index contributed by atoms with van der Waals surface area (Å²) in [7, 11) is 0. The summed E-state index contributed by atoms with van der Waals surface area (Å²) >= 11 is 0. The fourth-order valence-corrected chi connectivity index (χ4v) is 2.25. The lowest BCUT2D eigenvalue weighted by molar-refractivity contribution is 0.102. The molecule has 0 bridgehead atoms. The van der Waals surface area contributed by atoms with Gasteiger partial charge in [-0.05, 0) is 37.5 Å². The first-order valence-corrected chi connectivity index (χ1v) is 6.32. The van der Waals surface area contributed by atoms with Crippen LogP contribution in [0.2, 0.25) is 0 Å². The lowest BCUT2D eigenvalue weighted by Crippen LogP contribution is -2.15. The number of anilines is 2. The number of carbonyl (C=O) groups is 1. The highest BCUT2D eigenvalue weighted by Crippen LogP contribution is 2.25. The Hall–Kier alpha value is -2.30. The number of aryl methyl sites for hydroxylation is 2. The first kappa shape index (κ1) is 11.8. The number of hydrogen-bond acceptors (Lipinski definition) is 4. The number of nitrogens with one attached hydrogen (secondary N) is 2. The first-order valence-electron chi connectivity index (χ1n) is 6.32. The van der Waals surface area contributed by atoms with Gasteiger partial charge in [0.05, 0.1) is 0 Å². The largest absolute Gasteiger partial charge is 0.448 e. The van der Waals surface area contributed by atoms with Crippen molar-refractivity contribution >= 4 is 17.3 Å². The summed E-state index contributed by atoms with van der Waals surface area (Å²) in [5, 5.41) is 6.17. The molecule has 0 spiro atoms. The average molecular weight is 257 g/mol. The quantitative estimate of drug-likeness (QED) is 0.867. The van der Waals surface area contributed by atoms with Gasteiger partial charge in [-0.15, -0.1) is 0 Å². The molecule has 0 unspecified atom stereocenters. The maximum Gasteiger partial charge on any atom is 0.277 e. The molecule has 0 saturated heterocycles. The molecule has 2 N–H and O–H groups in total. The van der Waals surface area contributed by atoms with E-state index < -0.39 is 0 Å². The van der Waals surface area contributed by atoms with E-state index in [1.165, 1.54) is 12.0 Å². The highest BCUT2D eigenvalue weighted by atomic mass is 16.3. The van der Waals surface area contributed by atoms with Crippen molar-refractivity contribution in [1.82, 2.24) is 4.98 Å². The van der Waals surface area contributed by atoms with Crippen LogP contribution in [-0.4, -0.2) is 17.4 Å². The van der Waals surface area contributed by atoms with E-state index in [1.807, 2.05) is 18.2 Å². The summed E-state index contributed by atoms with van der Waals surface area (Å²) < 4.78 is 5.03. The Bertz CT molecular complexity index is 619. The zero-order valence-electron chi connectivity index (χ0n) is 10.7. The minimum Gasteiger partial charge on any atom is -0.448 e. The van der Waals surface area contributed by atoms with Crippen molar-refractivity contribution < 1.29 is 9.21 Å². The summed E-state index contributed by atoms with van der Waals surface area (Å²) in [6.07, 6.45) is 3.51. The van der Waals surface area contributed by atoms with E-state index in [-0.39, 0.29) is 5.91 Å². The van der Waals surface area contributed by atoms with Gasteiger partial charge in [-0.1, -0.05) is 6.07 Å². The number of benzene rings is 1. The van der Waals surface area contributed by atoms with Gasteiger partial charge in [0.2, 0.25) is 0 Å². The molecule has 1 aromatic heterocycles. The molecule has 0 aliphatic carbocycles. The molecule has 5 heteroatoms. The average Bonchev–Trinajstić information content (AvgIpc) is 2.85. The van der Waals surface area contributed by atoms with Gasteiger partial charge in [-0.25, -0.2) is 4.98 Å². The van der Waals surface area contributed by atoms with Crippen LogP contribution in [0.3, 0.4) is 0 Å². The summed E-state index contributed by atoms with van der Waals surface area (Å²) in [4.78, 5) is 15.9. The van der Waals surface area contributed by atoms with Gasteiger partial charge in [0, 0.05) is 17.9 Å². The number of amides is 1. The van der Waals surface area contributed by atoms with E-state index in [2.05, 4.69) is 15.6 Å². The fourth-order valence-electron chi connectivity index (χ4n) is 2.25. The first-order chi connectivity index (χ1) is 9.24. The number of aromatic nitrogens is 1. The van der Waals surface area contributed by atoms with E-state index in [0.29, 0.717) is 11.5 Å². The van der Waals surface area contributed by atoms with Crippen LogP contribution >= 0.6 is 0 Å². The molecule has 1 aliphatic heterocycles. The predicted octanol–water partition coefficient (Wildman–Crippen LogP) is 2.59. The zero-order chi connectivity index (χ0) is 13.2. The second kappa shape index (κ2) is 4.76. The van der Waals surface area contributed by atoms with E-state index in [0.717, 1.165) is 30.8 Å². The van der Waals surface area contributed by atoms with Crippen molar-refractivity contribution in [3.8, 4) is 0 Å². The molecular formula is C14H15N3O2. The maximum absolute atomic E-state index is 12.0. The number of oxazole rings is 1. The van der Waals surface area contributed by atoms with Crippen molar-refractivity contribution in [2.75, 3.05) is 17.2 Å². The van der Waals surface area contributed by atoms with Gasteiger partial charge in [-0.3, -0.25) is 4.79 Å². The lowest BCUT2D eigenvalue weighted by Gasteiger charge is -2.18. The van der Waals surface area contributed by atoms with E-state index in [9.17, 15) is 4.79 Å². The Kier molecular flexibility index (Phi) is 2.95. The monoisotopic (exact) mass is 257 g/mol. The molecule has 0 saturated carbocycles. The van der Waals surface area contributed by atoms with Gasteiger partial charge in [-0.2, -0.15) is 0 Å². The molecule has 98 valence electrons. The summed E-state index contributed by atoms with van der Waals surface area (Å²) in [6, 6.07) is 5.92. The van der Waals surface area contributed by atoms with Gasteiger partial charge in [0.25, 0.3) is 5.91 Å². The fraction of sp³-hybridized carbons (Fsp3) is 0.286. The molecule has 1 aliphatic rings. The third kappa shape index (κ3) is 2.31. The van der Waals surface area contributed by atoms with Crippen LogP contribution < -0.4 is 10.6 Å². The molecule has 3 rings (SSSR count). The number of carbonyl (C=O) groups excluding carboxylic acids is 1. The topological polar surface area (TPSA) is 67.2 Å². The minimum absolute atomic E-state index is 0.248. The molecule has 19 heavy (non-hydrogen) atoms. The van der Waals surface area contributed by atoms with Gasteiger partial charge < -0.3 is 15.1 Å². The normalized spacial score (nSPS) is 13.5. The molecule has 1 amide bonds. The molecule has 2 aromatic rings. The van der Waals surface area contributed by atoms with E-state index in [1.54, 1.807) is 6.92 Å². The van der Waals surface area contributed by atoms with Gasteiger partial charge in [0.15, 0.2) is 12.1 Å². The number of hydrogen-bond donors (Lipinski definition) is 2. The number of fused-ring (bicyclic) bond motifs is 1. The van der Waals surface area contributed by atoms with Crippen LogP contribution in [0.1, 0.15) is 28.2 Å². The maximum atomic E-state index is 12.0. The molecule has 2 heterocycles. The second-order valence-corrected chi connectivity index (χ2v) is 4.61. The highest BCUT2D eigenvalue weighted by molar-refractivity contribution is 6.03. The van der Waals surface area contributed by atoms with Crippen LogP contribution in [0.4, 0.5) is 11.4 Å². The van der Waals surface area contributed by atoms with Crippen LogP contribution in [0, 0.1) is 6.92 Å². The van der Waals surface area contributed by atoms with Gasteiger partial charge >= 0.3 is 0 Å². The Morgan fingerprint density at radius 3 is 3.16 bits per heavy atom. The van der Waals surface area contributed by atoms with Gasteiger partial charge in [0.1, 0.15) is 5.76 Å². The SMILES string of the molecule is Cc1ocnc1C(=O)Nc1ccc2c(c1)NCCC2. The van der Waals surface area contributed by atoms with Crippen LogP contribution in [-0.2, 0) is 6.42 Å². The third-order valence-electron chi connectivity index (χ3n) is 3.27. The smallest absolute Gasteiger partial charge is 0.277 e. The van der Waals surface area contributed by atoms with Crippen molar-refractivity contribution in [3.05, 3.63) is 41.6 Å². The Labute approximate surface area is 111 Å². The standard InChI is InChI=1S/C14H15N3O2/c1-9-13(16-8-19-9)14(18)17-11-5-4-10-3-2-6-15-12(10)7-11/h4-5,7-8,15H,2-3,6H2,1H3,(H,17,18). The summed E-state index contributed by atoms with van der Waals surface area (Å²) in [6.45, 7) is 2.70. The molecule has 0 fully saturated rings. The molecule has 5 nitrogen and oxygen atoms in total. The predicted molar refractivity (Wildman–Crippen MR) is 72.4 cm³/mol. The Morgan fingerprint density at radius 1 is 1.47 bits per heavy atom. The molecule has 1 aromatic carbocycles. The zero-order valence-corrected chi connectivity index (χ0v) is 10.7. The summed E-state index contributed by atoms with van der Waals surface area (Å²) in [5.74, 6) is 0.274. The van der Waals surface area contributed by atoms with Crippen molar-refractivity contribution in [2.45, 2.75) is 19.8 Å². The van der Waals surface area contributed by atoms with Crippen LogP contribution in [0.15, 0.2) is 29.0 Å². The lowest BCUT2D eigenvalue weighted by atomic mass is 10.0. The highest BCUT2D eigenvalue weighted by Gasteiger charge is 2.15. The third-order valence-corrected chi connectivity index (χ3v) is 3.27. The van der Waals surface area contributed by atoms with Crippen molar-refractivity contribution in [2.24, 2.45) is 0 Å². The van der Waals surface area contributed by atoms with E-state index in [4.69, 9.17) is 4.42 Å². The molecule has 0 radical (unpaired) electrons. The van der Waals surface area contributed by atoms with Crippen LogP contribution in [0.25, 0.3) is 0 Å². The van der Waals surface area contributed by atoms with Crippen molar-refractivity contribution in [3.63, 3.8) is 0 Å². The molecule has 0 atom stereocenters.